The lowest BCUT2D eigenvalue weighted by atomic mass is 10.1. The monoisotopic (exact) mass is 256 g/mol. The van der Waals surface area contributed by atoms with E-state index in [-0.39, 0.29) is 5.91 Å². The van der Waals surface area contributed by atoms with Gasteiger partial charge in [0.25, 0.3) is 5.91 Å². The van der Waals surface area contributed by atoms with Gasteiger partial charge in [-0.3, -0.25) is 4.79 Å². The average Bonchev–Trinajstić information content (AvgIpc) is 2.94. The zero-order chi connectivity index (χ0) is 13.2. The summed E-state index contributed by atoms with van der Waals surface area (Å²) in [4.78, 5) is 14.3. The van der Waals surface area contributed by atoms with Crippen molar-refractivity contribution < 1.29 is 9.53 Å². The minimum atomic E-state index is 0.0788. The summed E-state index contributed by atoms with van der Waals surface area (Å²) in [7, 11) is 1.62. The van der Waals surface area contributed by atoms with Gasteiger partial charge in [0.05, 0.1) is 13.7 Å². The van der Waals surface area contributed by atoms with Gasteiger partial charge in [0.15, 0.2) is 0 Å². The number of hydrogen-bond donors (Lipinski definition) is 0. The number of fused-ring (bicyclic) bond motifs is 1. The standard InChI is InChI=1S/C15H16N2O2/c1-19-14-6-4-12(5-7-14)15(18)17-10-9-16-8-2-3-13(16)11-17/h2-8H,9-11H2,1H3. The van der Waals surface area contributed by atoms with E-state index in [1.54, 1.807) is 7.11 Å². The molecule has 0 bridgehead atoms. The van der Waals surface area contributed by atoms with Crippen LogP contribution in [-0.4, -0.2) is 29.0 Å². The molecule has 1 aliphatic rings. The molecule has 4 heteroatoms. The van der Waals surface area contributed by atoms with Crippen LogP contribution in [0.2, 0.25) is 0 Å². The lowest BCUT2D eigenvalue weighted by Gasteiger charge is -2.28. The van der Waals surface area contributed by atoms with Gasteiger partial charge in [-0.05, 0) is 36.4 Å². The summed E-state index contributed by atoms with van der Waals surface area (Å²) >= 11 is 0. The van der Waals surface area contributed by atoms with Crippen LogP contribution in [0.3, 0.4) is 0 Å². The van der Waals surface area contributed by atoms with E-state index in [1.165, 1.54) is 5.69 Å². The van der Waals surface area contributed by atoms with Gasteiger partial charge < -0.3 is 14.2 Å². The number of methoxy groups -OCH3 is 1. The molecule has 1 aromatic heterocycles. The van der Waals surface area contributed by atoms with Crippen molar-refractivity contribution in [3.8, 4) is 5.75 Å². The SMILES string of the molecule is COc1ccc(C(=O)N2CCn3cccc3C2)cc1. The number of benzene rings is 1. The maximum absolute atomic E-state index is 12.4. The summed E-state index contributed by atoms with van der Waals surface area (Å²) < 4.78 is 7.29. The molecule has 1 aliphatic heterocycles. The van der Waals surface area contributed by atoms with Crippen LogP contribution in [0.4, 0.5) is 0 Å². The molecule has 0 radical (unpaired) electrons. The van der Waals surface area contributed by atoms with Crippen molar-refractivity contribution in [3.05, 3.63) is 53.9 Å². The topological polar surface area (TPSA) is 34.5 Å². The maximum atomic E-state index is 12.4. The van der Waals surface area contributed by atoms with Crippen LogP contribution in [0.25, 0.3) is 0 Å². The van der Waals surface area contributed by atoms with Crippen molar-refractivity contribution in [3.63, 3.8) is 0 Å². The number of carbonyl (C=O) groups is 1. The Morgan fingerprint density at radius 3 is 2.68 bits per heavy atom. The first kappa shape index (κ1) is 11.8. The van der Waals surface area contributed by atoms with E-state index < -0.39 is 0 Å². The van der Waals surface area contributed by atoms with Crippen LogP contribution < -0.4 is 4.74 Å². The van der Waals surface area contributed by atoms with Crippen LogP contribution >= 0.6 is 0 Å². The van der Waals surface area contributed by atoms with E-state index in [0.29, 0.717) is 12.1 Å². The third kappa shape index (κ3) is 2.21. The van der Waals surface area contributed by atoms with Crippen molar-refractivity contribution in [2.24, 2.45) is 0 Å². The molecule has 1 aromatic carbocycles. The van der Waals surface area contributed by atoms with Crippen LogP contribution in [-0.2, 0) is 13.1 Å². The number of ether oxygens (including phenoxy) is 1. The lowest BCUT2D eigenvalue weighted by Crippen LogP contribution is -2.37. The number of rotatable bonds is 2. The smallest absolute Gasteiger partial charge is 0.254 e. The van der Waals surface area contributed by atoms with Gasteiger partial charge in [0.1, 0.15) is 5.75 Å². The summed E-state index contributed by atoms with van der Waals surface area (Å²) in [6.45, 7) is 2.30. The highest BCUT2D eigenvalue weighted by Gasteiger charge is 2.21. The Hall–Kier alpha value is -2.23. The molecule has 1 amide bonds. The first-order valence-electron chi connectivity index (χ1n) is 6.35. The Morgan fingerprint density at radius 2 is 1.95 bits per heavy atom. The van der Waals surface area contributed by atoms with Gasteiger partial charge in [-0.25, -0.2) is 0 Å². The first-order valence-corrected chi connectivity index (χ1v) is 6.35. The Labute approximate surface area is 112 Å². The third-order valence-corrected chi connectivity index (χ3v) is 3.51. The molecular weight excluding hydrogens is 240 g/mol. The quantitative estimate of drug-likeness (QED) is 0.825. The van der Waals surface area contributed by atoms with Gasteiger partial charge >= 0.3 is 0 Å². The average molecular weight is 256 g/mol. The van der Waals surface area contributed by atoms with E-state index in [9.17, 15) is 4.79 Å². The summed E-state index contributed by atoms with van der Waals surface area (Å²) in [6, 6.07) is 11.4. The summed E-state index contributed by atoms with van der Waals surface area (Å²) in [5.41, 5.74) is 1.90. The molecule has 4 nitrogen and oxygen atoms in total. The fourth-order valence-corrected chi connectivity index (χ4v) is 2.40. The van der Waals surface area contributed by atoms with E-state index in [0.717, 1.165) is 18.8 Å². The minimum absolute atomic E-state index is 0.0788. The summed E-state index contributed by atoms with van der Waals surface area (Å²) in [5.74, 6) is 0.846. The lowest BCUT2D eigenvalue weighted by molar-refractivity contribution is 0.0711. The van der Waals surface area contributed by atoms with E-state index in [1.807, 2.05) is 35.2 Å². The molecule has 2 aromatic rings. The molecular formula is C15H16N2O2. The normalized spacial score (nSPS) is 14.1. The Morgan fingerprint density at radius 1 is 1.16 bits per heavy atom. The highest BCUT2D eigenvalue weighted by Crippen LogP contribution is 2.17. The molecule has 19 heavy (non-hydrogen) atoms. The first-order chi connectivity index (χ1) is 9.28. The molecule has 0 atom stereocenters. The Bertz CT molecular complexity index is 586. The predicted molar refractivity (Wildman–Crippen MR) is 72.2 cm³/mol. The van der Waals surface area contributed by atoms with Gasteiger partial charge in [0, 0.05) is 30.5 Å². The van der Waals surface area contributed by atoms with Crippen LogP contribution in [0.1, 0.15) is 16.1 Å². The number of amides is 1. The van der Waals surface area contributed by atoms with Gasteiger partial charge in [-0.2, -0.15) is 0 Å². The largest absolute Gasteiger partial charge is 0.497 e. The molecule has 0 N–H and O–H groups in total. The molecule has 0 fully saturated rings. The second-order valence-electron chi connectivity index (χ2n) is 4.65. The molecule has 3 rings (SSSR count). The van der Waals surface area contributed by atoms with Crippen LogP contribution in [0.5, 0.6) is 5.75 Å². The fourth-order valence-electron chi connectivity index (χ4n) is 2.40. The predicted octanol–water partition coefficient (Wildman–Crippen LogP) is 2.15. The van der Waals surface area contributed by atoms with Crippen molar-refractivity contribution in [2.45, 2.75) is 13.1 Å². The molecule has 2 heterocycles. The molecule has 0 unspecified atom stereocenters. The maximum Gasteiger partial charge on any atom is 0.254 e. The summed E-state index contributed by atoms with van der Waals surface area (Å²) in [5, 5.41) is 0. The molecule has 98 valence electrons. The molecule has 0 aliphatic carbocycles. The Kier molecular flexibility index (Phi) is 2.99. The summed E-state index contributed by atoms with van der Waals surface area (Å²) in [6.07, 6.45) is 2.06. The fraction of sp³-hybridized carbons (Fsp3) is 0.267. The molecule has 0 spiro atoms. The van der Waals surface area contributed by atoms with Crippen molar-refractivity contribution in [1.29, 1.82) is 0 Å². The van der Waals surface area contributed by atoms with E-state index >= 15 is 0 Å². The van der Waals surface area contributed by atoms with Gasteiger partial charge in [0.2, 0.25) is 0 Å². The van der Waals surface area contributed by atoms with Crippen LogP contribution in [0, 0.1) is 0 Å². The van der Waals surface area contributed by atoms with E-state index in [4.69, 9.17) is 4.74 Å². The van der Waals surface area contributed by atoms with Crippen molar-refractivity contribution in [2.75, 3.05) is 13.7 Å². The third-order valence-electron chi connectivity index (χ3n) is 3.51. The number of carbonyl (C=O) groups excluding carboxylic acids is 1. The molecule has 0 saturated heterocycles. The number of hydrogen-bond acceptors (Lipinski definition) is 2. The van der Waals surface area contributed by atoms with Gasteiger partial charge in [-0.15, -0.1) is 0 Å². The minimum Gasteiger partial charge on any atom is -0.497 e. The second kappa shape index (κ2) is 4.80. The number of aromatic nitrogens is 1. The zero-order valence-electron chi connectivity index (χ0n) is 10.9. The Balaban J connectivity index is 1.77. The highest BCUT2D eigenvalue weighted by atomic mass is 16.5. The number of nitrogens with zero attached hydrogens (tertiary/aromatic N) is 2. The van der Waals surface area contributed by atoms with Crippen molar-refractivity contribution in [1.82, 2.24) is 9.47 Å². The van der Waals surface area contributed by atoms with E-state index in [2.05, 4.69) is 16.8 Å². The highest BCUT2D eigenvalue weighted by molar-refractivity contribution is 5.94. The van der Waals surface area contributed by atoms with Crippen LogP contribution in [0.15, 0.2) is 42.6 Å². The molecule has 0 saturated carbocycles. The second-order valence-corrected chi connectivity index (χ2v) is 4.65. The zero-order valence-corrected chi connectivity index (χ0v) is 10.9. The van der Waals surface area contributed by atoms with Gasteiger partial charge in [-0.1, -0.05) is 0 Å². The van der Waals surface area contributed by atoms with Crippen molar-refractivity contribution >= 4 is 5.91 Å².